The van der Waals surface area contributed by atoms with Gasteiger partial charge in [0.05, 0.1) is 12.1 Å². The Morgan fingerprint density at radius 2 is 2.17 bits per heavy atom. The maximum absolute atomic E-state index is 11.6. The molecule has 0 spiro atoms. The molecule has 0 saturated heterocycles. The lowest BCUT2D eigenvalue weighted by atomic mass is 10.1. The number of hydrogen-bond acceptors (Lipinski definition) is 3. The number of aromatic nitrogens is 2. The van der Waals surface area contributed by atoms with Gasteiger partial charge in [0.1, 0.15) is 0 Å². The molecule has 1 aromatic carbocycles. The first-order valence-corrected chi connectivity index (χ1v) is 5.91. The van der Waals surface area contributed by atoms with Gasteiger partial charge in [-0.15, -0.1) is 0 Å². The van der Waals surface area contributed by atoms with Gasteiger partial charge in [-0.1, -0.05) is 6.07 Å². The summed E-state index contributed by atoms with van der Waals surface area (Å²) < 4.78 is 0. The summed E-state index contributed by atoms with van der Waals surface area (Å²) in [7, 11) is 1.79. The number of carbonyl (C=O) groups is 1. The van der Waals surface area contributed by atoms with Crippen molar-refractivity contribution in [3.05, 3.63) is 41.3 Å². The second kappa shape index (κ2) is 4.07. The van der Waals surface area contributed by atoms with E-state index < -0.39 is 0 Å². The van der Waals surface area contributed by atoms with Crippen LogP contribution in [-0.4, -0.2) is 22.9 Å². The predicted molar refractivity (Wildman–Crippen MR) is 69.6 cm³/mol. The maximum atomic E-state index is 11.6. The molecule has 0 aliphatic carbocycles. The van der Waals surface area contributed by atoms with Gasteiger partial charge in [0.25, 0.3) is 0 Å². The zero-order chi connectivity index (χ0) is 12.7. The number of halogens is 1. The van der Waals surface area contributed by atoms with Gasteiger partial charge in [0.15, 0.2) is 0 Å². The molecule has 0 bridgehead atoms. The standard InChI is InChI=1S/C13H10ClN3O/c1-17-11-3-2-8(6-9(11)7-12(17)18)10-4-5-15-13(14)16-10/h2-6H,7H2,1H3. The molecular formula is C13H10ClN3O. The second-order valence-electron chi connectivity index (χ2n) is 4.18. The fraction of sp³-hybridized carbons (Fsp3) is 0.154. The van der Waals surface area contributed by atoms with Crippen LogP contribution in [0.3, 0.4) is 0 Å². The fourth-order valence-corrected chi connectivity index (χ4v) is 2.27. The summed E-state index contributed by atoms with van der Waals surface area (Å²) in [4.78, 5) is 21.3. The van der Waals surface area contributed by atoms with E-state index in [9.17, 15) is 4.79 Å². The van der Waals surface area contributed by atoms with Gasteiger partial charge in [0.2, 0.25) is 11.2 Å². The van der Waals surface area contributed by atoms with Gasteiger partial charge in [-0.25, -0.2) is 9.97 Å². The lowest BCUT2D eigenvalue weighted by molar-refractivity contribution is -0.117. The topological polar surface area (TPSA) is 46.1 Å². The van der Waals surface area contributed by atoms with E-state index in [1.165, 1.54) is 0 Å². The highest BCUT2D eigenvalue weighted by Crippen LogP contribution is 2.31. The van der Waals surface area contributed by atoms with Gasteiger partial charge in [-0.2, -0.15) is 0 Å². The summed E-state index contributed by atoms with van der Waals surface area (Å²) in [6.07, 6.45) is 2.06. The maximum Gasteiger partial charge on any atom is 0.231 e. The number of benzene rings is 1. The van der Waals surface area contributed by atoms with Crippen molar-refractivity contribution >= 4 is 23.2 Å². The molecule has 1 amide bonds. The van der Waals surface area contributed by atoms with Gasteiger partial charge in [0, 0.05) is 24.5 Å². The molecule has 0 saturated carbocycles. The van der Waals surface area contributed by atoms with Crippen LogP contribution in [0.15, 0.2) is 30.5 Å². The van der Waals surface area contributed by atoms with Crippen molar-refractivity contribution in [2.24, 2.45) is 0 Å². The molecule has 18 heavy (non-hydrogen) atoms. The third-order valence-corrected chi connectivity index (χ3v) is 3.26. The van der Waals surface area contributed by atoms with Crippen molar-refractivity contribution in [2.75, 3.05) is 11.9 Å². The minimum Gasteiger partial charge on any atom is -0.315 e. The summed E-state index contributed by atoms with van der Waals surface area (Å²) >= 11 is 5.77. The lowest BCUT2D eigenvalue weighted by Crippen LogP contribution is -2.20. The fourth-order valence-electron chi connectivity index (χ4n) is 2.13. The van der Waals surface area contributed by atoms with Crippen LogP contribution < -0.4 is 4.90 Å². The Morgan fingerprint density at radius 3 is 2.94 bits per heavy atom. The van der Waals surface area contributed by atoms with E-state index in [4.69, 9.17) is 11.6 Å². The highest BCUT2D eigenvalue weighted by molar-refractivity contribution is 6.28. The number of fused-ring (bicyclic) bond motifs is 1. The van der Waals surface area contributed by atoms with Crippen LogP contribution in [0.4, 0.5) is 5.69 Å². The van der Waals surface area contributed by atoms with Crippen LogP contribution in [0.5, 0.6) is 0 Å². The summed E-state index contributed by atoms with van der Waals surface area (Å²) in [5.41, 5.74) is 3.69. The molecule has 0 radical (unpaired) electrons. The summed E-state index contributed by atoms with van der Waals surface area (Å²) in [5.74, 6) is 0.114. The molecule has 1 aromatic heterocycles. The normalized spacial score (nSPS) is 13.9. The molecule has 1 aliphatic rings. The molecule has 2 aromatic rings. The average molecular weight is 260 g/mol. The summed E-state index contributed by atoms with van der Waals surface area (Å²) in [6, 6.07) is 7.65. The number of hydrogen-bond donors (Lipinski definition) is 0. The Balaban J connectivity index is 2.07. The van der Waals surface area contributed by atoms with Crippen LogP contribution in [0.25, 0.3) is 11.3 Å². The van der Waals surface area contributed by atoms with Crippen LogP contribution >= 0.6 is 11.6 Å². The van der Waals surface area contributed by atoms with E-state index in [1.54, 1.807) is 24.2 Å². The number of rotatable bonds is 1. The van der Waals surface area contributed by atoms with Crippen molar-refractivity contribution in [3.8, 4) is 11.3 Å². The molecule has 4 nitrogen and oxygen atoms in total. The minimum absolute atomic E-state index is 0.114. The SMILES string of the molecule is CN1C(=O)Cc2cc(-c3ccnc(Cl)n3)ccc21. The molecule has 0 atom stereocenters. The molecule has 5 heteroatoms. The molecule has 0 unspecified atom stereocenters. The van der Waals surface area contributed by atoms with Gasteiger partial charge >= 0.3 is 0 Å². The summed E-state index contributed by atoms with van der Waals surface area (Å²) in [6.45, 7) is 0. The average Bonchev–Trinajstić information content (AvgIpc) is 2.65. The Labute approximate surface area is 109 Å². The highest BCUT2D eigenvalue weighted by atomic mass is 35.5. The van der Waals surface area contributed by atoms with E-state index in [0.29, 0.717) is 6.42 Å². The van der Waals surface area contributed by atoms with Gasteiger partial charge in [-0.05, 0) is 35.4 Å². The first kappa shape index (κ1) is 11.2. The number of anilines is 1. The third-order valence-electron chi connectivity index (χ3n) is 3.08. The zero-order valence-corrected chi connectivity index (χ0v) is 10.5. The van der Waals surface area contributed by atoms with E-state index in [-0.39, 0.29) is 11.2 Å². The van der Waals surface area contributed by atoms with E-state index >= 15 is 0 Å². The molecular weight excluding hydrogens is 250 g/mol. The van der Waals surface area contributed by atoms with Crippen molar-refractivity contribution in [1.29, 1.82) is 0 Å². The molecule has 1 aliphatic heterocycles. The van der Waals surface area contributed by atoms with E-state index in [0.717, 1.165) is 22.5 Å². The van der Waals surface area contributed by atoms with Gasteiger partial charge < -0.3 is 4.90 Å². The first-order chi connectivity index (χ1) is 8.65. The second-order valence-corrected chi connectivity index (χ2v) is 4.52. The number of amides is 1. The Kier molecular flexibility index (Phi) is 2.52. The van der Waals surface area contributed by atoms with Crippen molar-refractivity contribution in [1.82, 2.24) is 9.97 Å². The lowest BCUT2D eigenvalue weighted by Gasteiger charge is -2.10. The quantitative estimate of drug-likeness (QED) is 0.739. The minimum atomic E-state index is 0.114. The molecule has 0 N–H and O–H groups in total. The van der Waals surface area contributed by atoms with Gasteiger partial charge in [-0.3, -0.25) is 4.79 Å². The monoisotopic (exact) mass is 259 g/mol. The van der Waals surface area contributed by atoms with Crippen LogP contribution in [0, 0.1) is 0 Å². The molecule has 2 heterocycles. The third kappa shape index (κ3) is 1.75. The van der Waals surface area contributed by atoms with E-state index in [1.807, 2.05) is 18.2 Å². The largest absolute Gasteiger partial charge is 0.315 e. The smallest absolute Gasteiger partial charge is 0.231 e. The van der Waals surface area contributed by atoms with Crippen LogP contribution in [0.2, 0.25) is 5.28 Å². The van der Waals surface area contributed by atoms with Crippen LogP contribution in [-0.2, 0) is 11.2 Å². The molecule has 90 valence electrons. The Morgan fingerprint density at radius 1 is 1.33 bits per heavy atom. The molecule has 3 rings (SSSR count). The molecule has 0 fully saturated rings. The van der Waals surface area contributed by atoms with Crippen molar-refractivity contribution in [2.45, 2.75) is 6.42 Å². The zero-order valence-electron chi connectivity index (χ0n) is 9.72. The first-order valence-electron chi connectivity index (χ1n) is 5.53. The Bertz CT molecular complexity index is 642. The Hall–Kier alpha value is -1.94. The number of carbonyl (C=O) groups excluding carboxylic acids is 1. The predicted octanol–water partition coefficient (Wildman–Crippen LogP) is 2.32. The van der Waals surface area contributed by atoms with Crippen molar-refractivity contribution in [3.63, 3.8) is 0 Å². The summed E-state index contributed by atoms with van der Waals surface area (Å²) in [5, 5.41) is 0.223. The highest BCUT2D eigenvalue weighted by Gasteiger charge is 2.24. The number of nitrogens with zero attached hydrogens (tertiary/aromatic N) is 3. The van der Waals surface area contributed by atoms with E-state index in [2.05, 4.69) is 9.97 Å². The van der Waals surface area contributed by atoms with Crippen molar-refractivity contribution < 1.29 is 4.79 Å². The van der Waals surface area contributed by atoms with Crippen LogP contribution in [0.1, 0.15) is 5.56 Å². The number of likely N-dealkylation sites (N-methyl/N-ethyl adjacent to an activating group) is 1.